The molecule has 0 amide bonds. The van der Waals surface area contributed by atoms with Gasteiger partial charge in [0.15, 0.2) is 0 Å². The van der Waals surface area contributed by atoms with Crippen molar-refractivity contribution >= 4 is 15.9 Å². The van der Waals surface area contributed by atoms with Gasteiger partial charge in [-0.1, -0.05) is 40.2 Å². The highest BCUT2D eigenvalue weighted by molar-refractivity contribution is 9.10. The second-order valence-electron chi connectivity index (χ2n) is 4.87. The van der Waals surface area contributed by atoms with Gasteiger partial charge in [0.2, 0.25) is 0 Å². The molecule has 20 heavy (non-hydrogen) atoms. The van der Waals surface area contributed by atoms with E-state index in [1.807, 2.05) is 19.2 Å². The number of hydrogen-bond acceptors (Lipinski definition) is 2. The van der Waals surface area contributed by atoms with Crippen LogP contribution in [0.3, 0.4) is 0 Å². The summed E-state index contributed by atoms with van der Waals surface area (Å²) < 4.78 is 7.26. The molecule has 0 aromatic heterocycles. The second-order valence-corrected chi connectivity index (χ2v) is 5.78. The number of aryl methyl sites for hydroxylation is 1. The number of nitrogens with one attached hydrogen (secondary N) is 1. The fraction of sp³-hybridized carbons (Fsp3) is 0.294. The third-order valence-corrected chi connectivity index (χ3v) is 3.69. The third-order valence-electron chi connectivity index (χ3n) is 3.17. The Labute approximate surface area is 129 Å². The maximum Gasteiger partial charge on any atom is 0.125 e. The van der Waals surface area contributed by atoms with E-state index >= 15 is 0 Å². The molecule has 2 rings (SSSR count). The molecule has 1 atom stereocenters. The molecule has 1 unspecified atom stereocenters. The van der Waals surface area contributed by atoms with Crippen LogP contribution in [0.1, 0.15) is 23.7 Å². The Hall–Kier alpha value is -1.32. The van der Waals surface area contributed by atoms with Crippen LogP contribution in [0.15, 0.2) is 53.0 Å². The standard InChI is InChI=1S/C17H20BrNO/c1-13-4-3-5-16(12-13)20-17(10-11-19-2)14-6-8-15(18)9-7-14/h3-9,12,17,19H,10-11H2,1-2H3. The second kappa shape index (κ2) is 7.46. The van der Waals surface area contributed by atoms with Gasteiger partial charge >= 0.3 is 0 Å². The first kappa shape index (κ1) is 15.1. The molecular weight excluding hydrogens is 314 g/mol. The zero-order valence-corrected chi connectivity index (χ0v) is 13.5. The first-order valence-corrected chi connectivity index (χ1v) is 7.62. The molecule has 0 aliphatic heterocycles. The summed E-state index contributed by atoms with van der Waals surface area (Å²) >= 11 is 3.47. The van der Waals surface area contributed by atoms with Gasteiger partial charge in [-0.25, -0.2) is 0 Å². The molecule has 2 aromatic rings. The average Bonchev–Trinajstić information content (AvgIpc) is 2.44. The van der Waals surface area contributed by atoms with Crippen LogP contribution in [0.5, 0.6) is 5.75 Å². The van der Waals surface area contributed by atoms with E-state index in [0.29, 0.717) is 0 Å². The van der Waals surface area contributed by atoms with Gasteiger partial charge in [-0.05, 0) is 55.9 Å². The van der Waals surface area contributed by atoms with Gasteiger partial charge in [0.25, 0.3) is 0 Å². The van der Waals surface area contributed by atoms with Crippen LogP contribution in [0.25, 0.3) is 0 Å². The minimum atomic E-state index is 0.0670. The zero-order valence-electron chi connectivity index (χ0n) is 11.9. The maximum absolute atomic E-state index is 6.17. The van der Waals surface area contributed by atoms with Gasteiger partial charge in [-0.3, -0.25) is 0 Å². The summed E-state index contributed by atoms with van der Waals surface area (Å²) in [4.78, 5) is 0. The first-order chi connectivity index (χ1) is 9.69. The number of benzene rings is 2. The molecule has 2 nitrogen and oxygen atoms in total. The van der Waals surface area contributed by atoms with E-state index in [9.17, 15) is 0 Å². The van der Waals surface area contributed by atoms with E-state index in [-0.39, 0.29) is 6.10 Å². The van der Waals surface area contributed by atoms with Gasteiger partial charge < -0.3 is 10.1 Å². The summed E-state index contributed by atoms with van der Waals surface area (Å²) in [5.41, 5.74) is 2.41. The Morgan fingerprint density at radius 1 is 1.15 bits per heavy atom. The van der Waals surface area contributed by atoms with Gasteiger partial charge in [0, 0.05) is 10.9 Å². The van der Waals surface area contributed by atoms with Crippen LogP contribution >= 0.6 is 15.9 Å². The van der Waals surface area contributed by atoms with Crippen molar-refractivity contribution in [2.75, 3.05) is 13.6 Å². The van der Waals surface area contributed by atoms with Crippen molar-refractivity contribution in [3.05, 3.63) is 64.1 Å². The van der Waals surface area contributed by atoms with Crippen LogP contribution in [-0.4, -0.2) is 13.6 Å². The Balaban J connectivity index is 2.16. The van der Waals surface area contributed by atoms with E-state index in [2.05, 4.69) is 64.6 Å². The van der Waals surface area contributed by atoms with Crippen molar-refractivity contribution in [1.82, 2.24) is 5.32 Å². The SMILES string of the molecule is CNCCC(Oc1cccc(C)c1)c1ccc(Br)cc1. The molecule has 0 spiro atoms. The maximum atomic E-state index is 6.17. The molecule has 0 saturated carbocycles. The van der Waals surface area contributed by atoms with Gasteiger partial charge in [0.1, 0.15) is 11.9 Å². The fourth-order valence-corrected chi connectivity index (χ4v) is 2.36. The lowest BCUT2D eigenvalue weighted by molar-refractivity contribution is 0.195. The van der Waals surface area contributed by atoms with Crippen LogP contribution in [0.4, 0.5) is 0 Å². The minimum absolute atomic E-state index is 0.0670. The lowest BCUT2D eigenvalue weighted by atomic mass is 10.1. The topological polar surface area (TPSA) is 21.3 Å². The highest BCUT2D eigenvalue weighted by Crippen LogP contribution is 2.26. The van der Waals surface area contributed by atoms with Crippen LogP contribution in [-0.2, 0) is 0 Å². The van der Waals surface area contributed by atoms with Crippen molar-refractivity contribution < 1.29 is 4.74 Å². The van der Waals surface area contributed by atoms with Gasteiger partial charge in [-0.2, -0.15) is 0 Å². The van der Waals surface area contributed by atoms with Crippen molar-refractivity contribution in [2.45, 2.75) is 19.4 Å². The Morgan fingerprint density at radius 2 is 1.90 bits per heavy atom. The highest BCUT2D eigenvalue weighted by Gasteiger charge is 2.13. The lowest BCUT2D eigenvalue weighted by Gasteiger charge is -2.20. The Kier molecular flexibility index (Phi) is 5.62. The molecule has 3 heteroatoms. The quantitative estimate of drug-likeness (QED) is 0.841. The molecule has 0 fully saturated rings. The van der Waals surface area contributed by atoms with E-state index in [1.54, 1.807) is 0 Å². The molecule has 106 valence electrons. The number of halogens is 1. The molecule has 0 saturated heterocycles. The molecule has 0 aliphatic carbocycles. The van der Waals surface area contributed by atoms with Crippen molar-refractivity contribution in [2.24, 2.45) is 0 Å². The normalized spacial score (nSPS) is 12.2. The lowest BCUT2D eigenvalue weighted by Crippen LogP contribution is -2.16. The summed E-state index contributed by atoms with van der Waals surface area (Å²) in [6.07, 6.45) is 1.00. The van der Waals surface area contributed by atoms with Gasteiger partial charge in [-0.15, -0.1) is 0 Å². The van der Waals surface area contributed by atoms with Crippen LogP contribution < -0.4 is 10.1 Å². The van der Waals surface area contributed by atoms with E-state index < -0.39 is 0 Å². The van der Waals surface area contributed by atoms with E-state index in [4.69, 9.17) is 4.74 Å². The first-order valence-electron chi connectivity index (χ1n) is 6.82. The monoisotopic (exact) mass is 333 g/mol. The minimum Gasteiger partial charge on any atom is -0.486 e. The van der Waals surface area contributed by atoms with Gasteiger partial charge in [0.05, 0.1) is 0 Å². The predicted molar refractivity (Wildman–Crippen MR) is 87.2 cm³/mol. The zero-order chi connectivity index (χ0) is 14.4. The van der Waals surface area contributed by atoms with E-state index in [1.165, 1.54) is 11.1 Å². The van der Waals surface area contributed by atoms with Crippen LogP contribution in [0, 0.1) is 6.92 Å². The van der Waals surface area contributed by atoms with Crippen molar-refractivity contribution in [3.63, 3.8) is 0 Å². The smallest absolute Gasteiger partial charge is 0.125 e. The Morgan fingerprint density at radius 3 is 2.55 bits per heavy atom. The molecule has 1 N–H and O–H groups in total. The summed E-state index contributed by atoms with van der Waals surface area (Å²) in [5, 5.41) is 3.19. The number of ether oxygens (including phenoxy) is 1. The molecule has 0 aliphatic rings. The Bertz CT molecular complexity index is 539. The predicted octanol–water partition coefficient (Wildman–Crippen LogP) is 4.49. The molecule has 0 heterocycles. The highest BCUT2D eigenvalue weighted by atomic mass is 79.9. The molecule has 0 bridgehead atoms. The summed E-state index contributed by atoms with van der Waals surface area (Å²) in [6, 6.07) is 16.5. The van der Waals surface area contributed by atoms with Crippen LogP contribution in [0.2, 0.25) is 0 Å². The average molecular weight is 334 g/mol. The number of rotatable bonds is 6. The molecule has 0 radical (unpaired) electrons. The summed E-state index contributed by atoms with van der Waals surface area (Å²) in [5.74, 6) is 0.925. The fourth-order valence-electron chi connectivity index (χ4n) is 2.10. The summed E-state index contributed by atoms with van der Waals surface area (Å²) in [7, 11) is 1.96. The van der Waals surface area contributed by atoms with Crippen molar-refractivity contribution in [1.29, 1.82) is 0 Å². The van der Waals surface area contributed by atoms with E-state index in [0.717, 1.165) is 23.2 Å². The molecule has 2 aromatic carbocycles. The van der Waals surface area contributed by atoms with Crippen molar-refractivity contribution in [3.8, 4) is 5.75 Å². The molecular formula is C17H20BrNO. The largest absolute Gasteiger partial charge is 0.486 e. The summed E-state index contributed by atoms with van der Waals surface area (Å²) in [6.45, 7) is 3.00. The number of hydrogen-bond donors (Lipinski definition) is 1. The third kappa shape index (κ3) is 4.36.